The molecule has 6 rings (SSSR count). The summed E-state index contributed by atoms with van der Waals surface area (Å²) < 4.78 is 40.4. The monoisotopic (exact) mass is 559 g/mol. The molecule has 0 radical (unpaired) electrons. The van der Waals surface area contributed by atoms with Crippen LogP contribution in [0, 0.1) is 23.4 Å². The second kappa shape index (κ2) is 11.2. The van der Waals surface area contributed by atoms with Gasteiger partial charge in [0, 0.05) is 36.3 Å². The SMILES string of the molecule is O=C(Nc1ccc2[nH]nc(-c3ccc(F)c(F)c3)c2c1)[C@@H]1CCN(CC(=O)N2CC=C(c3ccc(F)cc3)CC2)C1. The van der Waals surface area contributed by atoms with Crippen molar-refractivity contribution in [2.24, 2.45) is 5.92 Å². The molecule has 3 heterocycles. The molecule has 0 unspecified atom stereocenters. The van der Waals surface area contributed by atoms with Gasteiger partial charge in [-0.1, -0.05) is 18.2 Å². The van der Waals surface area contributed by atoms with Crippen LogP contribution in [0.2, 0.25) is 0 Å². The number of H-pyrrole nitrogens is 1. The van der Waals surface area contributed by atoms with Crippen molar-refractivity contribution in [1.29, 1.82) is 0 Å². The minimum atomic E-state index is -0.959. The molecule has 0 bridgehead atoms. The normalized spacial score (nSPS) is 17.6. The van der Waals surface area contributed by atoms with Gasteiger partial charge in [-0.05, 0) is 79.1 Å². The van der Waals surface area contributed by atoms with E-state index in [0.29, 0.717) is 66.9 Å². The summed E-state index contributed by atoms with van der Waals surface area (Å²) in [6.07, 6.45) is 3.37. The first-order valence-corrected chi connectivity index (χ1v) is 13.5. The molecular formula is C31H28F3N5O2. The Morgan fingerprint density at radius 1 is 0.951 bits per heavy atom. The highest BCUT2D eigenvalue weighted by Gasteiger charge is 2.31. The molecule has 2 N–H and O–H groups in total. The van der Waals surface area contributed by atoms with Crippen LogP contribution in [0.15, 0.2) is 66.7 Å². The molecule has 4 aromatic rings. The predicted molar refractivity (Wildman–Crippen MR) is 150 cm³/mol. The zero-order valence-electron chi connectivity index (χ0n) is 22.2. The van der Waals surface area contributed by atoms with Crippen molar-refractivity contribution in [3.05, 3.63) is 89.8 Å². The van der Waals surface area contributed by atoms with Gasteiger partial charge in [0.25, 0.3) is 0 Å². The Labute approximate surface area is 234 Å². The van der Waals surface area contributed by atoms with E-state index >= 15 is 0 Å². The highest BCUT2D eigenvalue weighted by atomic mass is 19.2. The number of benzene rings is 3. The van der Waals surface area contributed by atoms with Crippen LogP contribution < -0.4 is 5.32 Å². The van der Waals surface area contributed by atoms with E-state index < -0.39 is 11.6 Å². The summed E-state index contributed by atoms with van der Waals surface area (Å²) in [6.45, 7) is 2.49. The first-order chi connectivity index (χ1) is 19.8. The van der Waals surface area contributed by atoms with Crippen molar-refractivity contribution in [3.8, 4) is 11.3 Å². The lowest BCUT2D eigenvalue weighted by Gasteiger charge is -2.28. The third-order valence-corrected chi connectivity index (χ3v) is 7.80. The van der Waals surface area contributed by atoms with Crippen LogP contribution in [0.4, 0.5) is 18.9 Å². The van der Waals surface area contributed by atoms with Crippen LogP contribution in [0.3, 0.4) is 0 Å². The van der Waals surface area contributed by atoms with E-state index in [1.807, 2.05) is 15.9 Å². The van der Waals surface area contributed by atoms with Gasteiger partial charge in [0.1, 0.15) is 11.5 Å². The Morgan fingerprint density at radius 3 is 2.51 bits per heavy atom. The van der Waals surface area contributed by atoms with Crippen molar-refractivity contribution in [2.45, 2.75) is 12.8 Å². The van der Waals surface area contributed by atoms with Crippen molar-refractivity contribution in [1.82, 2.24) is 20.0 Å². The number of fused-ring (bicyclic) bond motifs is 1. The largest absolute Gasteiger partial charge is 0.338 e. The Balaban J connectivity index is 1.04. The van der Waals surface area contributed by atoms with Crippen LogP contribution in [-0.2, 0) is 9.59 Å². The fourth-order valence-electron chi connectivity index (χ4n) is 5.50. The number of carbonyl (C=O) groups is 2. The molecule has 0 saturated carbocycles. The van der Waals surface area contributed by atoms with Gasteiger partial charge in [-0.15, -0.1) is 0 Å². The van der Waals surface area contributed by atoms with Gasteiger partial charge < -0.3 is 10.2 Å². The van der Waals surface area contributed by atoms with Gasteiger partial charge in [-0.3, -0.25) is 19.6 Å². The van der Waals surface area contributed by atoms with E-state index in [4.69, 9.17) is 0 Å². The molecular weight excluding hydrogens is 531 g/mol. The molecule has 210 valence electrons. The lowest BCUT2D eigenvalue weighted by atomic mass is 9.99. The maximum absolute atomic E-state index is 13.8. The average molecular weight is 560 g/mol. The molecule has 0 spiro atoms. The van der Waals surface area contributed by atoms with Gasteiger partial charge in [-0.25, -0.2) is 13.2 Å². The molecule has 1 aromatic heterocycles. The third kappa shape index (κ3) is 5.74. The first-order valence-electron chi connectivity index (χ1n) is 13.5. The molecule has 1 fully saturated rings. The molecule has 1 atom stereocenters. The topological polar surface area (TPSA) is 81.3 Å². The number of hydrogen-bond acceptors (Lipinski definition) is 4. The van der Waals surface area contributed by atoms with Gasteiger partial charge in [0.05, 0.1) is 18.0 Å². The van der Waals surface area contributed by atoms with Crippen molar-refractivity contribution in [3.63, 3.8) is 0 Å². The molecule has 3 aromatic carbocycles. The molecule has 2 aliphatic rings. The maximum Gasteiger partial charge on any atom is 0.237 e. The predicted octanol–water partition coefficient (Wildman–Crippen LogP) is 5.22. The minimum absolute atomic E-state index is 0.0237. The number of rotatable bonds is 6. The standard InChI is InChI=1S/C31H28F3N5O2/c32-23-4-1-19(2-5-23)20-10-13-39(14-11-20)29(40)18-38-12-9-22(17-38)31(41)35-24-6-8-28-25(16-24)30(37-36-28)21-3-7-26(33)27(34)15-21/h1-8,10,15-16,22H,9,11-14,17-18H2,(H,35,41)(H,36,37)/t22-/m1/s1. The highest BCUT2D eigenvalue weighted by molar-refractivity contribution is 5.99. The number of nitrogens with one attached hydrogen (secondary N) is 2. The first kappa shape index (κ1) is 26.8. The van der Waals surface area contributed by atoms with Gasteiger partial charge in [-0.2, -0.15) is 5.10 Å². The Morgan fingerprint density at radius 2 is 1.76 bits per heavy atom. The average Bonchev–Trinajstić information content (AvgIpc) is 3.62. The number of nitrogens with zero attached hydrogens (tertiary/aromatic N) is 3. The smallest absolute Gasteiger partial charge is 0.237 e. The minimum Gasteiger partial charge on any atom is -0.338 e. The molecule has 2 amide bonds. The summed E-state index contributed by atoms with van der Waals surface area (Å²) in [5, 5.41) is 10.8. The van der Waals surface area contributed by atoms with E-state index in [9.17, 15) is 22.8 Å². The van der Waals surface area contributed by atoms with E-state index in [-0.39, 0.29) is 30.1 Å². The number of hydrogen-bond donors (Lipinski definition) is 2. The zero-order chi connectivity index (χ0) is 28.5. The number of amides is 2. The van der Waals surface area contributed by atoms with Gasteiger partial charge in [0.2, 0.25) is 11.8 Å². The number of carbonyl (C=O) groups excluding carboxylic acids is 2. The fourth-order valence-corrected chi connectivity index (χ4v) is 5.50. The van der Waals surface area contributed by atoms with E-state index in [1.54, 1.807) is 30.3 Å². The lowest BCUT2D eigenvalue weighted by Crippen LogP contribution is -2.41. The van der Waals surface area contributed by atoms with Crippen molar-refractivity contribution >= 4 is 34.0 Å². The summed E-state index contributed by atoms with van der Waals surface area (Å²) in [5.41, 5.74) is 4.23. The molecule has 0 aliphatic carbocycles. The molecule has 1 saturated heterocycles. The summed E-state index contributed by atoms with van der Waals surface area (Å²) in [4.78, 5) is 29.8. The summed E-state index contributed by atoms with van der Waals surface area (Å²) in [7, 11) is 0. The highest BCUT2D eigenvalue weighted by Crippen LogP contribution is 2.30. The number of aromatic amines is 1. The summed E-state index contributed by atoms with van der Waals surface area (Å²) >= 11 is 0. The van der Waals surface area contributed by atoms with E-state index in [0.717, 1.165) is 23.3 Å². The molecule has 10 heteroatoms. The number of halogens is 3. The van der Waals surface area contributed by atoms with Crippen LogP contribution in [0.25, 0.3) is 27.7 Å². The second-order valence-electron chi connectivity index (χ2n) is 10.5. The Bertz CT molecular complexity index is 1650. The van der Waals surface area contributed by atoms with Gasteiger partial charge >= 0.3 is 0 Å². The Hall–Kier alpha value is -4.44. The third-order valence-electron chi connectivity index (χ3n) is 7.80. The fraction of sp³-hybridized carbons (Fsp3) is 0.258. The molecule has 2 aliphatic heterocycles. The van der Waals surface area contributed by atoms with Crippen molar-refractivity contribution < 1.29 is 22.8 Å². The number of aromatic nitrogens is 2. The number of anilines is 1. The second-order valence-corrected chi connectivity index (χ2v) is 10.5. The molecule has 7 nitrogen and oxygen atoms in total. The number of likely N-dealkylation sites (tertiary alicyclic amines) is 1. The summed E-state index contributed by atoms with van der Waals surface area (Å²) in [5.74, 6) is -2.54. The Kier molecular flexibility index (Phi) is 7.32. The van der Waals surface area contributed by atoms with Crippen LogP contribution in [0.5, 0.6) is 0 Å². The van der Waals surface area contributed by atoms with Crippen LogP contribution in [-0.4, -0.2) is 64.5 Å². The summed E-state index contributed by atoms with van der Waals surface area (Å²) in [6, 6.07) is 15.3. The molecule has 41 heavy (non-hydrogen) atoms. The quantitative estimate of drug-likeness (QED) is 0.339. The van der Waals surface area contributed by atoms with Crippen molar-refractivity contribution in [2.75, 3.05) is 38.0 Å². The van der Waals surface area contributed by atoms with E-state index in [1.165, 1.54) is 18.2 Å². The zero-order valence-corrected chi connectivity index (χ0v) is 22.2. The lowest BCUT2D eigenvalue weighted by molar-refractivity contribution is -0.132. The van der Waals surface area contributed by atoms with Crippen LogP contribution in [0.1, 0.15) is 18.4 Å². The maximum atomic E-state index is 13.8. The van der Waals surface area contributed by atoms with Crippen LogP contribution >= 0.6 is 0 Å². The van der Waals surface area contributed by atoms with Gasteiger partial charge in [0.15, 0.2) is 11.6 Å². The van der Waals surface area contributed by atoms with E-state index in [2.05, 4.69) is 15.5 Å².